The Hall–Kier alpha value is -1.10. The van der Waals surface area contributed by atoms with Crippen molar-refractivity contribution in [2.75, 3.05) is 4.90 Å². The molecule has 0 atom stereocenters. The molecule has 0 aliphatic carbocycles. The van der Waals surface area contributed by atoms with Crippen molar-refractivity contribution in [1.29, 1.82) is 0 Å². The lowest BCUT2D eigenvalue weighted by atomic mass is 10.0. The number of hydrogen-bond donors (Lipinski definition) is 0. The summed E-state index contributed by atoms with van der Waals surface area (Å²) >= 11 is 10.5. The maximum Gasteiger partial charge on any atom is 0.0462 e. The van der Waals surface area contributed by atoms with E-state index in [0.717, 1.165) is 42.3 Å². The van der Waals surface area contributed by atoms with Crippen LogP contribution in [0, 0.1) is 11.8 Å². The fourth-order valence-electron chi connectivity index (χ4n) is 2.22. The van der Waals surface area contributed by atoms with Crippen molar-refractivity contribution in [2.24, 2.45) is 11.8 Å². The van der Waals surface area contributed by atoms with Crippen LogP contribution in [-0.4, -0.2) is 0 Å². The molecule has 30 heavy (non-hydrogen) atoms. The molecule has 1 nitrogen and oxygen atoms in total. The molecule has 0 N–H and O–H groups in total. The van der Waals surface area contributed by atoms with Crippen molar-refractivity contribution in [1.82, 2.24) is 0 Å². The lowest BCUT2D eigenvalue weighted by molar-refractivity contribution is 0.457. The normalized spacial score (nSPS) is 10.1. The summed E-state index contributed by atoms with van der Waals surface area (Å²) in [5.41, 5.74) is 3.36. The van der Waals surface area contributed by atoms with Crippen LogP contribution in [0.4, 0.5) is 17.1 Å². The van der Waals surface area contributed by atoms with Crippen molar-refractivity contribution < 1.29 is 0 Å². The van der Waals surface area contributed by atoms with E-state index in [1.807, 2.05) is 13.8 Å². The van der Waals surface area contributed by atoms with Crippen LogP contribution in [0.3, 0.4) is 0 Å². The number of anilines is 3. The van der Waals surface area contributed by atoms with Gasteiger partial charge < -0.3 is 4.90 Å². The number of halogens is 3. The highest BCUT2D eigenvalue weighted by molar-refractivity contribution is 9.11. The molecule has 0 heterocycles. The molecule has 0 spiro atoms. The molecule has 0 radical (unpaired) electrons. The third kappa shape index (κ3) is 8.95. The molecule has 3 rings (SSSR count). The van der Waals surface area contributed by atoms with Gasteiger partial charge in [0.1, 0.15) is 0 Å². The summed E-state index contributed by atoms with van der Waals surface area (Å²) in [4.78, 5) is 2.23. The summed E-state index contributed by atoms with van der Waals surface area (Å²) in [6.45, 7) is 13.0. The molecular weight excluding hydrogens is 566 g/mol. The second kappa shape index (κ2) is 14.1. The molecule has 0 saturated carbocycles. The van der Waals surface area contributed by atoms with Gasteiger partial charge in [0.2, 0.25) is 0 Å². The van der Waals surface area contributed by atoms with E-state index < -0.39 is 0 Å². The Bertz CT molecular complexity index is 725. The minimum absolute atomic E-state index is 0.852. The first-order valence-corrected chi connectivity index (χ1v) is 12.7. The average Bonchev–Trinajstić information content (AvgIpc) is 2.74. The summed E-state index contributed by atoms with van der Waals surface area (Å²) in [5, 5.41) is 0. The Balaban J connectivity index is 0.000000487. The highest BCUT2D eigenvalue weighted by Crippen LogP contribution is 2.35. The van der Waals surface area contributed by atoms with Crippen molar-refractivity contribution in [2.45, 2.75) is 41.5 Å². The second-order valence-electron chi connectivity index (χ2n) is 7.25. The lowest BCUT2D eigenvalue weighted by Gasteiger charge is -2.25. The van der Waals surface area contributed by atoms with Crippen LogP contribution in [0.15, 0.2) is 86.2 Å². The topological polar surface area (TPSA) is 3.24 Å². The van der Waals surface area contributed by atoms with Gasteiger partial charge in [-0.25, -0.2) is 0 Å². The van der Waals surface area contributed by atoms with E-state index in [1.165, 1.54) is 0 Å². The van der Waals surface area contributed by atoms with E-state index in [4.69, 9.17) is 0 Å². The second-order valence-corrected chi connectivity index (χ2v) is 10.00. The number of benzene rings is 3. The van der Waals surface area contributed by atoms with Gasteiger partial charge in [0.05, 0.1) is 0 Å². The van der Waals surface area contributed by atoms with Gasteiger partial charge in [0, 0.05) is 30.5 Å². The molecule has 0 fully saturated rings. The Morgan fingerprint density at radius 3 is 0.833 bits per heavy atom. The molecule has 0 aromatic heterocycles. The first-order valence-electron chi connectivity index (χ1n) is 10.3. The summed E-state index contributed by atoms with van der Waals surface area (Å²) < 4.78 is 3.22. The Kier molecular flexibility index (Phi) is 12.6. The van der Waals surface area contributed by atoms with Gasteiger partial charge in [0.15, 0.2) is 0 Å². The Labute approximate surface area is 208 Å². The van der Waals surface area contributed by atoms with Gasteiger partial charge in [-0.1, -0.05) is 89.3 Å². The molecule has 0 unspecified atom stereocenters. The SMILES string of the molecule is Brc1ccc(N(c2ccc(Br)cc2)c2ccc(Br)cc2)cc1.CC.CC(C)C(C)C. The highest BCUT2D eigenvalue weighted by Gasteiger charge is 2.12. The van der Waals surface area contributed by atoms with Crippen LogP contribution < -0.4 is 4.90 Å². The van der Waals surface area contributed by atoms with E-state index in [0.29, 0.717) is 0 Å². The van der Waals surface area contributed by atoms with Gasteiger partial charge in [-0.15, -0.1) is 0 Å². The van der Waals surface area contributed by atoms with Gasteiger partial charge in [0.25, 0.3) is 0 Å². The minimum atomic E-state index is 0.852. The number of hydrogen-bond acceptors (Lipinski definition) is 1. The fourth-order valence-corrected chi connectivity index (χ4v) is 3.01. The predicted molar refractivity (Wildman–Crippen MR) is 145 cm³/mol. The first-order chi connectivity index (χ1) is 14.3. The summed E-state index contributed by atoms with van der Waals surface area (Å²) in [6.07, 6.45) is 0. The molecule has 0 aliphatic heterocycles. The van der Waals surface area contributed by atoms with E-state index >= 15 is 0 Å². The summed E-state index contributed by atoms with van der Waals surface area (Å²) in [5.74, 6) is 1.70. The van der Waals surface area contributed by atoms with Gasteiger partial charge >= 0.3 is 0 Å². The monoisotopic (exact) mass is 595 g/mol. The zero-order chi connectivity index (χ0) is 22.7. The number of rotatable bonds is 4. The summed E-state index contributed by atoms with van der Waals surface area (Å²) in [6, 6.07) is 25.0. The lowest BCUT2D eigenvalue weighted by Crippen LogP contribution is -2.09. The largest absolute Gasteiger partial charge is 0.311 e. The van der Waals surface area contributed by atoms with Gasteiger partial charge in [-0.2, -0.15) is 0 Å². The quantitative estimate of drug-likeness (QED) is 0.289. The predicted octanol–water partition coefficient (Wildman–Crippen LogP) is 10.8. The zero-order valence-electron chi connectivity index (χ0n) is 18.7. The molecule has 0 saturated heterocycles. The Morgan fingerprint density at radius 2 is 0.667 bits per heavy atom. The standard InChI is InChI=1S/C18H12Br3N.C6H14.C2H6/c19-13-1-7-16(8-2-13)22(17-9-3-14(20)4-10-17)18-11-5-15(21)6-12-18;1-5(2)6(3)4;1-2/h1-12H;5-6H,1-4H3;1-2H3. The Morgan fingerprint density at radius 1 is 0.467 bits per heavy atom. The van der Waals surface area contributed by atoms with Crippen LogP contribution in [0.5, 0.6) is 0 Å². The molecule has 3 aromatic carbocycles. The minimum Gasteiger partial charge on any atom is -0.311 e. The van der Waals surface area contributed by atoms with Crippen molar-refractivity contribution >= 4 is 64.9 Å². The molecule has 0 bridgehead atoms. The third-order valence-corrected chi connectivity index (χ3v) is 6.17. The van der Waals surface area contributed by atoms with Crippen LogP contribution in [0.2, 0.25) is 0 Å². The van der Waals surface area contributed by atoms with E-state index in [9.17, 15) is 0 Å². The molecule has 0 amide bonds. The molecule has 4 heteroatoms. The number of nitrogens with zero attached hydrogens (tertiary/aromatic N) is 1. The van der Waals surface area contributed by atoms with Gasteiger partial charge in [-0.05, 0) is 84.6 Å². The third-order valence-electron chi connectivity index (χ3n) is 4.59. The van der Waals surface area contributed by atoms with Crippen molar-refractivity contribution in [3.8, 4) is 0 Å². The average molecular weight is 598 g/mol. The van der Waals surface area contributed by atoms with E-state index in [1.54, 1.807) is 0 Å². The zero-order valence-corrected chi connectivity index (χ0v) is 23.4. The molecular formula is C26H32Br3N. The van der Waals surface area contributed by atoms with E-state index in [2.05, 4.69) is 153 Å². The van der Waals surface area contributed by atoms with Crippen LogP contribution in [0.25, 0.3) is 0 Å². The smallest absolute Gasteiger partial charge is 0.0462 e. The van der Waals surface area contributed by atoms with Crippen molar-refractivity contribution in [3.63, 3.8) is 0 Å². The summed E-state index contributed by atoms with van der Waals surface area (Å²) in [7, 11) is 0. The highest BCUT2D eigenvalue weighted by atomic mass is 79.9. The van der Waals surface area contributed by atoms with Gasteiger partial charge in [-0.3, -0.25) is 0 Å². The van der Waals surface area contributed by atoms with Crippen molar-refractivity contribution in [3.05, 3.63) is 86.2 Å². The molecule has 3 aromatic rings. The maximum absolute atomic E-state index is 3.50. The molecule has 162 valence electrons. The van der Waals surface area contributed by atoms with Crippen LogP contribution in [-0.2, 0) is 0 Å². The van der Waals surface area contributed by atoms with E-state index in [-0.39, 0.29) is 0 Å². The fraction of sp³-hybridized carbons (Fsp3) is 0.308. The van der Waals surface area contributed by atoms with Crippen LogP contribution >= 0.6 is 47.8 Å². The first kappa shape index (κ1) is 26.9. The maximum atomic E-state index is 3.50. The van der Waals surface area contributed by atoms with Crippen LogP contribution in [0.1, 0.15) is 41.5 Å². The molecule has 0 aliphatic rings.